The number of hydrogen-bond donors (Lipinski definition) is 1. The zero-order valence-electron chi connectivity index (χ0n) is 9.21. The first-order valence-corrected chi connectivity index (χ1v) is 5.27. The van der Waals surface area contributed by atoms with Crippen molar-refractivity contribution < 1.29 is 4.79 Å². The quantitative estimate of drug-likeness (QED) is 0.782. The molecule has 0 bridgehead atoms. The van der Waals surface area contributed by atoms with E-state index in [2.05, 4.69) is 24.4 Å². The average Bonchev–Trinajstić information content (AvgIpc) is 2.60. The van der Waals surface area contributed by atoms with Crippen molar-refractivity contribution in [2.75, 3.05) is 25.0 Å². The molecular formula is C12H16N2O. The number of carbonyl (C=O) groups excluding carboxylic acids is 1. The molecule has 0 aliphatic carbocycles. The summed E-state index contributed by atoms with van der Waals surface area (Å²) in [6.07, 6.45) is 0.979. The van der Waals surface area contributed by atoms with Crippen molar-refractivity contribution in [1.29, 1.82) is 0 Å². The van der Waals surface area contributed by atoms with Crippen LogP contribution >= 0.6 is 0 Å². The summed E-state index contributed by atoms with van der Waals surface area (Å²) in [5, 5.41) is 2.90. The number of likely N-dealkylation sites (N-methyl/N-ethyl adjacent to an activating group) is 1. The van der Waals surface area contributed by atoms with Gasteiger partial charge in [0.25, 0.3) is 0 Å². The highest BCUT2D eigenvalue weighted by atomic mass is 16.2. The minimum atomic E-state index is 0.153. The van der Waals surface area contributed by atoms with E-state index in [4.69, 9.17) is 0 Å². The Kier molecular flexibility index (Phi) is 2.73. The molecule has 1 aromatic carbocycles. The Balaban J connectivity index is 2.25. The zero-order chi connectivity index (χ0) is 10.8. The summed E-state index contributed by atoms with van der Waals surface area (Å²) in [5.74, 6) is 0.153. The van der Waals surface area contributed by atoms with Crippen LogP contribution in [0, 0.1) is 6.92 Å². The molecule has 0 radical (unpaired) electrons. The first kappa shape index (κ1) is 10.2. The molecule has 0 saturated heterocycles. The highest BCUT2D eigenvalue weighted by Crippen LogP contribution is 2.28. The van der Waals surface area contributed by atoms with Gasteiger partial charge in [-0.3, -0.25) is 4.79 Å². The number of anilines is 1. The standard InChI is InChI=1S/C12H16N2O/c1-9-3-4-11-10(7-9)5-6-14(11)12(15)8-13-2/h3-4,7,13H,5-6,8H2,1-2H3. The lowest BCUT2D eigenvalue weighted by molar-refractivity contribution is -0.117. The Labute approximate surface area is 90.1 Å². The highest BCUT2D eigenvalue weighted by molar-refractivity contribution is 5.96. The zero-order valence-corrected chi connectivity index (χ0v) is 9.21. The smallest absolute Gasteiger partial charge is 0.240 e. The second-order valence-electron chi connectivity index (χ2n) is 3.96. The van der Waals surface area contributed by atoms with Gasteiger partial charge in [-0.25, -0.2) is 0 Å². The lowest BCUT2D eigenvalue weighted by Gasteiger charge is -2.17. The summed E-state index contributed by atoms with van der Waals surface area (Å²) in [5.41, 5.74) is 3.64. The fourth-order valence-electron chi connectivity index (χ4n) is 2.04. The number of fused-ring (bicyclic) bond motifs is 1. The number of nitrogens with zero attached hydrogens (tertiary/aromatic N) is 1. The van der Waals surface area contributed by atoms with Crippen LogP contribution in [0.25, 0.3) is 0 Å². The topological polar surface area (TPSA) is 32.3 Å². The van der Waals surface area contributed by atoms with Crippen molar-refractivity contribution in [2.45, 2.75) is 13.3 Å². The summed E-state index contributed by atoms with van der Waals surface area (Å²) < 4.78 is 0. The predicted octanol–water partition coefficient (Wildman–Crippen LogP) is 1.10. The van der Waals surface area contributed by atoms with Crippen molar-refractivity contribution >= 4 is 11.6 Å². The van der Waals surface area contributed by atoms with Gasteiger partial charge >= 0.3 is 0 Å². The summed E-state index contributed by atoms with van der Waals surface area (Å²) in [6.45, 7) is 3.31. The number of benzene rings is 1. The molecule has 0 aromatic heterocycles. The van der Waals surface area contributed by atoms with Crippen LogP contribution in [0.2, 0.25) is 0 Å². The van der Waals surface area contributed by atoms with Crippen LogP contribution in [-0.4, -0.2) is 26.0 Å². The number of hydrogen-bond acceptors (Lipinski definition) is 2. The van der Waals surface area contributed by atoms with Gasteiger partial charge in [-0.1, -0.05) is 17.7 Å². The van der Waals surface area contributed by atoms with Crippen LogP contribution in [0.4, 0.5) is 5.69 Å². The molecule has 3 heteroatoms. The minimum Gasteiger partial charge on any atom is -0.311 e. The lowest BCUT2D eigenvalue weighted by atomic mass is 10.1. The maximum Gasteiger partial charge on any atom is 0.240 e. The number of nitrogens with one attached hydrogen (secondary N) is 1. The average molecular weight is 204 g/mol. The molecule has 0 fully saturated rings. The highest BCUT2D eigenvalue weighted by Gasteiger charge is 2.23. The largest absolute Gasteiger partial charge is 0.311 e. The lowest BCUT2D eigenvalue weighted by Crippen LogP contribution is -2.35. The molecule has 0 saturated carbocycles. The van der Waals surface area contributed by atoms with E-state index < -0.39 is 0 Å². The molecule has 0 unspecified atom stereocenters. The second kappa shape index (κ2) is 4.03. The van der Waals surface area contributed by atoms with E-state index in [0.717, 1.165) is 18.7 Å². The molecule has 15 heavy (non-hydrogen) atoms. The Morgan fingerprint density at radius 3 is 3.07 bits per heavy atom. The molecular weight excluding hydrogens is 188 g/mol. The van der Waals surface area contributed by atoms with Crippen LogP contribution in [0.1, 0.15) is 11.1 Å². The van der Waals surface area contributed by atoms with E-state index in [1.165, 1.54) is 11.1 Å². The molecule has 0 atom stereocenters. The Morgan fingerprint density at radius 2 is 2.33 bits per heavy atom. The molecule has 2 rings (SSSR count). The van der Waals surface area contributed by atoms with Gasteiger partial charge in [-0.15, -0.1) is 0 Å². The third-order valence-corrected chi connectivity index (χ3v) is 2.76. The van der Waals surface area contributed by atoms with Gasteiger partial charge in [0.1, 0.15) is 0 Å². The molecule has 1 aromatic rings. The third-order valence-electron chi connectivity index (χ3n) is 2.76. The van der Waals surface area contributed by atoms with E-state index in [-0.39, 0.29) is 5.91 Å². The molecule has 1 aliphatic rings. The van der Waals surface area contributed by atoms with E-state index in [0.29, 0.717) is 6.54 Å². The van der Waals surface area contributed by atoms with Crippen molar-refractivity contribution in [1.82, 2.24) is 5.32 Å². The number of amides is 1. The second-order valence-corrected chi connectivity index (χ2v) is 3.96. The van der Waals surface area contributed by atoms with Gasteiger partial charge in [0.15, 0.2) is 0 Å². The molecule has 0 spiro atoms. The molecule has 1 amide bonds. The number of rotatable bonds is 2. The van der Waals surface area contributed by atoms with Crippen molar-refractivity contribution in [3.63, 3.8) is 0 Å². The summed E-state index contributed by atoms with van der Waals surface area (Å²) in [4.78, 5) is 13.6. The predicted molar refractivity (Wildman–Crippen MR) is 61.2 cm³/mol. The molecule has 1 heterocycles. The third kappa shape index (κ3) is 1.88. The van der Waals surface area contributed by atoms with Crippen LogP contribution in [0.3, 0.4) is 0 Å². The Morgan fingerprint density at radius 1 is 1.53 bits per heavy atom. The fraction of sp³-hybridized carbons (Fsp3) is 0.417. The summed E-state index contributed by atoms with van der Waals surface area (Å²) in [7, 11) is 1.80. The SMILES string of the molecule is CNCC(=O)N1CCc2cc(C)ccc21. The van der Waals surface area contributed by atoms with Crippen LogP contribution in [0.15, 0.2) is 18.2 Å². The van der Waals surface area contributed by atoms with Crippen LogP contribution in [-0.2, 0) is 11.2 Å². The minimum absolute atomic E-state index is 0.153. The van der Waals surface area contributed by atoms with Crippen LogP contribution < -0.4 is 10.2 Å². The molecule has 1 aliphatic heterocycles. The maximum atomic E-state index is 11.8. The summed E-state index contributed by atoms with van der Waals surface area (Å²) >= 11 is 0. The Hall–Kier alpha value is -1.35. The van der Waals surface area contributed by atoms with E-state index >= 15 is 0 Å². The van der Waals surface area contributed by atoms with Gasteiger partial charge < -0.3 is 10.2 Å². The van der Waals surface area contributed by atoms with Gasteiger partial charge in [-0.2, -0.15) is 0 Å². The van der Waals surface area contributed by atoms with Crippen LogP contribution in [0.5, 0.6) is 0 Å². The Bertz CT molecular complexity index is 387. The maximum absolute atomic E-state index is 11.8. The van der Waals surface area contributed by atoms with E-state index in [1.54, 1.807) is 7.05 Å². The first-order valence-electron chi connectivity index (χ1n) is 5.27. The molecule has 80 valence electrons. The van der Waals surface area contributed by atoms with E-state index in [1.807, 2.05) is 11.0 Å². The van der Waals surface area contributed by atoms with Crippen molar-refractivity contribution in [3.8, 4) is 0 Å². The fourth-order valence-corrected chi connectivity index (χ4v) is 2.04. The normalized spacial score (nSPS) is 14.1. The summed E-state index contributed by atoms with van der Waals surface area (Å²) in [6, 6.07) is 6.27. The van der Waals surface area contributed by atoms with Gasteiger partial charge in [-0.05, 0) is 32.0 Å². The monoisotopic (exact) mass is 204 g/mol. The van der Waals surface area contributed by atoms with Gasteiger partial charge in [0, 0.05) is 12.2 Å². The first-order chi connectivity index (χ1) is 7.22. The van der Waals surface area contributed by atoms with E-state index in [9.17, 15) is 4.79 Å². The number of aryl methyl sites for hydroxylation is 1. The van der Waals surface area contributed by atoms with Gasteiger partial charge in [0.2, 0.25) is 5.91 Å². The molecule has 3 nitrogen and oxygen atoms in total. The van der Waals surface area contributed by atoms with Crippen molar-refractivity contribution in [2.24, 2.45) is 0 Å². The van der Waals surface area contributed by atoms with Crippen molar-refractivity contribution in [3.05, 3.63) is 29.3 Å². The molecule has 1 N–H and O–H groups in total. The number of carbonyl (C=O) groups is 1. The van der Waals surface area contributed by atoms with Gasteiger partial charge in [0.05, 0.1) is 6.54 Å².